The van der Waals surface area contributed by atoms with Gasteiger partial charge in [-0.1, -0.05) is 12.1 Å². The largest absolute Gasteiger partial charge is 0.370 e. The number of fused-ring (bicyclic) bond motifs is 2. The van der Waals surface area contributed by atoms with Crippen molar-refractivity contribution in [2.24, 2.45) is 7.05 Å². The Labute approximate surface area is 166 Å². The van der Waals surface area contributed by atoms with Crippen molar-refractivity contribution in [3.8, 4) is 6.07 Å². The smallest absolute Gasteiger partial charge is 0.270 e. The first-order valence-electron chi connectivity index (χ1n) is 9.20. The van der Waals surface area contributed by atoms with Crippen molar-refractivity contribution < 1.29 is 4.92 Å². The van der Waals surface area contributed by atoms with Crippen molar-refractivity contribution in [3.05, 3.63) is 70.0 Å². The van der Waals surface area contributed by atoms with Crippen LogP contribution >= 0.6 is 0 Å². The van der Waals surface area contributed by atoms with Gasteiger partial charge in [0.05, 0.1) is 33.1 Å². The molecule has 0 saturated heterocycles. The topological polar surface area (TPSA) is 110 Å². The molecule has 4 aromatic rings. The van der Waals surface area contributed by atoms with E-state index in [-0.39, 0.29) is 5.69 Å². The monoisotopic (exact) mass is 386 g/mol. The maximum atomic E-state index is 11.0. The highest BCUT2D eigenvalue weighted by Gasteiger charge is 2.12. The highest BCUT2D eigenvalue weighted by molar-refractivity contribution is 5.88. The summed E-state index contributed by atoms with van der Waals surface area (Å²) in [5, 5.41) is 24.1. The van der Waals surface area contributed by atoms with Gasteiger partial charge in [0.1, 0.15) is 11.6 Å². The van der Waals surface area contributed by atoms with E-state index in [0.29, 0.717) is 28.8 Å². The molecule has 0 fully saturated rings. The zero-order valence-corrected chi connectivity index (χ0v) is 15.8. The molecule has 1 N–H and O–H groups in total. The van der Waals surface area contributed by atoms with Crippen LogP contribution in [0.15, 0.2) is 48.5 Å². The lowest BCUT2D eigenvalue weighted by atomic mass is 10.1. The molecule has 0 bridgehead atoms. The maximum Gasteiger partial charge on any atom is 0.270 e. The number of rotatable bonds is 6. The zero-order valence-electron chi connectivity index (χ0n) is 15.8. The number of hydrogen-bond donors (Lipinski definition) is 1. The first kappa shape index (κ1) is 18.4. The summed E-state index contributed by atoms with van der Waals surface area (Å²) in [5.74, 6) is 1.59. The van der Waals surface area contributed by atoms with Crippen molar-refractivity contribution in [2.45, 2.75) is 12.8 Å². The fourth-order valence-corrected chi connectivity index (χ4v) is 3.39. The third kappa shape index (κ3) is 3.58. The molecule has 8 nitrogen and oxygen atoms in total. The number of nitro benzene ring substituents is 1. The number of nitrogens with one attached hydrogen (secondary N) is 1. The van der Waals surface area contributed by atoms with Gasteiger partial charge < -0.3 is 9.88 Å². The molecule has 0 aliphatic rings. The molecule has 0 atom stereocenters. The molecule has 2 aromatic carbocycles. The summed E-state index contributed by atoms with van der Waals surface area (Å²) in [6.07, 6.45) is 1.65. The second-order valence-electron chi connectivity index (χ2n) is 6.73. The predicted octanol–water partition coefficient (Wildman–Crippen LogP) is 3.95. The third-order valence-corrected chi connectivity index (χ3v) is 4.89. The summed E-state index contributed by atoms with van der Waals surface area (Å²) in [7, 11) is 2.02. The summed E-state index contributed by atoms with van der Waals surface area (Å²) in [5.41, 5.74) is 2.95. The Morgan fingerprint density at radius 3 is 2.76 bits per heavy atom. The number of pyridine rings is 1. The molecule has 0 saturated carbocycles. The van der Waals surface area contributed by atoms with Crippen LogP contribution in [0.25, 0.3) is 21.9 Å². The number of aryl methyl sites for hydroxylation is 2. The lowest BCUT2D eigenvalue weighted by molar-refractivity contribution is -0.384. The maximum absolute atomic E-state index is 11.0. The average molecular weight is 386 g/mol. The standard InChI is InChI=1S/C21H18N6O2/c1-26-19-6-3-2-5-18(19)25-21(26)7-4-10-23-20-11-14(13-22)16-12-15(27(28)29)8-9-17(16)24-20/h2-3,5-6,8-9,11-12H,4,7,10H2,1H3,(H,23,24). The van der Waals surface area contributed by atoms with Gasteiger partial charge in [-0.05, 0) is 30.7 Å². The predicted molar refractivity (Wildman–Crippen MR) is 111 cm³/mol. The molecule has 2 heterocycles. The molecule has 2 aromatic heterocycles. The number of para-hydroxylation sites is 2. The lowest BCUT2D eigenvalue weighted by Crippen LogP contribution is -2.07. The molecular formula is C21H18N6O2. The summed E-state index contributed by atoms with van der Waals surface area (Å²) < 4.78 is 2.10. The van der Waals surface area contributed by atoms with E-state index >= 15 is 0 Å². The number of nitro groups is 1. The molecule has 29 heavy (non-hydrogen) atoms. The lowest BCUT2D eigenvalue weighted by Gasteiger charge is -2.08. The Morgan fingerprint density at radius 2 is 2.00 bits per heavy atom. The van der Waals surface area contributed by atoms with E-state index in [1.54, 1.807) is 12.1 Å². The van der Waals surface area contributed by atoms with Crippen LogP contribution in [0, 0.1) is 21.4 Å². The number of non-ortho nitro benzene ring substituents is 1. The van der Waals surface area contributed by atoms with E-state index in [1.165, 1.54) is 12.1 Å². The molecule has 4 rings (SSSR count). The van der Waals surface area contributed by atoms with E-state index in [9.17, 15) is 15.4 Å². The normalized spacial score (nSPS) is 10.9. The first-order chi connectivity index (χ1) is 14.1. The fourth-order valence-electron chi connectivity index (χ4n) is 3.39. The van der Waals surface area contributed by atoms with Crippen LogP contribution in [0.2, 0.25) is 0 Å². The number of aromatic nitrogens is 3. The van der Waals surface area contributed by atoms with Crippen molar-refractivity contribution in [1.82, 2.24) is 14.5 Å². The summed E-state index contributed by atoms with van der Waals surface area (Å²) in [6, 6.07) is 16.1. The first-order valence-corrected chi connectivity index (χ1v) is 9.20. The van der Waals surface area contributed by atoms with E-state index in [4.69, 9.17) is 0 Å². The molecule has 144 valence electrons. The number of benzene rings is 2. The van der Waals surface area contributed by atoms with E-state index in [0.717, 1.165) is 29.7 Å². The number of nitrogens with zero attached hydrogens (tertiary/aromatic N) is 5. The van der Waals surface area contributed by atoms with Crippen LogP contribution in [0.4, 0.5) is 11.5 Å². The average Bonchev–Trinajstić information content (AvgIpc) is 3.06. The van der Waals surface area contributed by atoms with E-state index < -0.39 is 4.92 Å². The van der Waals surface area contributed by atoms with Gasteiger partial charge in [0, 0.05) is 37.5 Å². The zero-order chi connectivity index (χ0) is 20.4. The molecule has 0 amide bonds. The molecule has 0 aliphatic carbocycles. The number of hydrogen-bond acceptors (Lipinski definition) is 6. The Balaban J connectivity index is 1.46. The van der Waals surface area contributed by atoms with Crippen LogP contribution in [-0.2, 0) is 13.5 Å². The Morgan fingerprint density at radius 1 is 1.17 bits per heavy atom. The minimum Gasteiger partial charge on any atom is -0.370 e. The van der Waals surface area contributed by atoms with Gasteiger partial charge in [-0.2, -0.15) is 5.26 Å². The van der Waals surface area contributed by atoms with Gasteiger partial charge in [0.2, 0.25) is 0 Å². The minimum atomic E-state index is -0.478. The number of imidazole rings is 1. The number of anilines is 1. The van der Waals surface area contributed by atoms with Crippen molar-refractivity contribution in [2.75, 3.05) is 11.9 Å². The number of nitriles is 1. The Kier molecular flexibility index (Phi) is 4.79. The van der Waals surface area contributed by atoms with Crippen LogP contribution in [-0.4, -0.2) is 26.0 Å². The van der Waals surface area contributed by atoms with Gasteiger partial charge in [-0.15, -0.1) is 0 Å². The van der Waals surface area contributed by atoms with Crippen molar-refractivity contribution >= 4 is 33.4 Å². The highest BCUT2D eigenvalue weighted by Crippen LogP contribution is 2.25. The Hall–Kier alpha value is -3.99. The van der Waals surface area contributed by atoms with Gasteiger partial charge in [0.25, 0.3) is 5.69 Å². The van der Waals surface area contributed by atoms with Crippen molar-refractivity contribution in [3.63, 3.8) is 0 Å². The third-order valence-electron chi connectivity index (χ3n) is 4.89. The molecule has 0 unspecified atom stereocenters. The van der Waals surface area contributed by atoms with Crippen LogP contribution in [0.1, 0.15) is 17.8 Å². The van der Waals surface area contributed by atoms with Gasteiger partial charge in [0.15, 0.2) is 0 Å². The van der Waals surface area contributed by atoms with E-state index in [2.05, 4.69) is 32.0 Å². The summed E-state index contributed by atoms with van der Waals surface area (Å²) in [6.45, 7) is 0.666. The van der Waals surface area contributed by atoms with Gasteiger partial charge >= 0.3 is 0 Å². The Bertz CT molecular complexity index is 1270. The molecule has 0 spiro atoms. The van der Waals surface area contributed by atoms with Gasteiger partial charge in [-0.3, -0.25) is 10.1 Å². The quantitative estimate of drug-likeness (QED) is 0.305. The molecule has 0 aliphatic heterocycles. The van der Waals surface area contributed by atoms with Gasteiger partial charge in [-0.25, -0.2) is 9.97 Å². The van der Waals surface area contributed by atoms with Crippen LogP contribution in [0.5, 0.6) is 0 Å². The summed E-state index contributed by atoms with van der Waals surface area (Å²) in [4.78, 5) is 19.6. The fraction of sp³-hybridized carbons (Fsp3) is 0.190. The second-order valence-corrected chi connectivity index (χ2v) is 6.73. The second kappa shape index (κ2) is 7.56. The van der Waals surface area contributed by atoms with E-state index in [1.807, 2.05) is 25.2 Å². The van der Waals surface area contributed by atoms with Crippen molar-refractivity contribution in [1.29, 1.82) is 5.26 Å². The molecular weight excluding hydrogens is 368 g/mol. The van der Waals surface area contributed by atoms with Crippen LogP contribution < -0.4 is 5.32 Å². The molecule has 8 heteroatoms. The highest BCUT2D eigenvalue weighted by atomic mass is 16.6. The molecule has 0 radical (unpaired) electrons. The summed E-state index contributed by atoms with van der Waals surface area (Å²) >= 11 is 0. The SMILES string of the molecule is Cn1c(CCCNc2cc(C#N)c3cc([N+](=O)[O-])ccc3n2)nc2ccccc21. The van der Waals surface area contributed by atoms with Crippen LogP contribution in [0.3, 0.4) is 0 Å². The minimum absolute atomic E-state index is 0.0565.